The lowest BCUT2D eigenvalue weighted by molar-refractivity contribution is -0.155. The highest BCUT2D eigenvalue weighted by atomic mass is 35.5. The van der Waals surface area contributed by atoms with Gasteiger partial charge < -0.3 is 19.3 Å². The van der Waals surface area contributed by atoms with Crippen molar-refractivity contribution in [3.8, 4) is 5.75 Å². The molecule has 13 heteroatoms. The van der Waals surface area contributed by atoms with Gasteiger partial charge in [0.2, 0.25) is 5.90 Å². The van der Waals surface area contributed by atoms with Crippen LogP contribution in [0.4, 0.5) is 5.69 Å². The quantitative estimate of drug-likeness (QED) is 0.0464. The maximum atomic E-state index is 14.3. The van der Waals surface area contributed by atoms with E-state index in [0.717, 1.165) is 5.56 Å². The molecule has 1 aliphatic heterocycles. The highest BCUT2D eigenvalue weighted by Gasteiger charge is 2.54. The smallest absolute Gasteiger partial charge is 0.306 e. The number of carbonyl (C=O) groups is 2. The number of halogens is 1. The van der Waals surface area contributed by atoms with Gasteiger partial charge in [-0.1, -0.05) is 53.1 Å². The van der Waals surface area contributed by atoms with Crippen LogP contribution in [0.2, 0.25) is 5.02 Å². The van der Waals surface area contributed by atoms with E-state index in [2.05, 4.69) is 20.9 Å². The van der Waals surface area contributed by atoms with Crippen molar-refractivity contribution < 1.29 is 28.9 Å². The highest BCUT2D eigenvalue weighted by molar-refractivity contribution is 6.30. The molecule has 46 heavy (non-hydrogen) atoms. The Labute approximate surface area is 272 Å². The van der Waals surface area contributed by atoms with Gasteiger partial charge in [0.15, 0.2) is 11.6 Å². The maximum Gasteiger partial charge on any atom is 0.306 e. The second kappa shape index (κ2) is 15.6. The second-order valence-corrected chi connectivity index (χ2v) is 12.0. The van der Waals surface area contributed by atoms with E-state index in [1.807, 2.05) is 6.07 Å². The summed E-state index contributed by atoms with van der Waals surface area (Å²) in [6.45, 7) is 5.91. The van der Waals surface area contributed by atoms with Crippen LogP contribution >= 0.6 is 11.6 Å². The van der Waals surface area contributed by atoms with Gasteiger partial charge in [0.1, 0.15) is 11.4 Å². The van der Waals surface area contributed by atoms with Gasteiger partial charge in [0.25, 0.3) is 5.91 Å². The molecule has 0 radical (unpaired) electrons. The van der Waals surface area contributed by atoms with Crippen molar-refractivity contribution in [1.29, 1.82) is 0 Å². The molecule has 3 N–H and O–H groups in total. The van der Waals surface area contributed by atoms with Gasteiger partial charge in [-0.3, -0.25) is 15.0 Å². The van der Waals surface area contributed by atoms with Gasteiger partial charge in [-0.05, 0) is 74.7 Å². The van der Waals surface area contributed by atoms with Gasteiger partial charge in [-0.15, -0.1) is 0 Å². The summed E-state index contributed by atoms with van der Waals surface area (Å²) >= 11 is 6.13. The van der Waals surface area contributed by atoms with Crippen molar-refractivity contribution in [2.45, 2.75) is 63.8 Å². The van der Waals surface area contributed by atoms with E-state index >= 15 is 0 Å². The van der Waals surface area contributed by atoms with Crippen molar-refractivity contribution in [3.63, 3.8) is 0 Å². The average Bonchev–Trinajstić information content (AvgIpc) is 3.41. The number of amides is 1. The van der Waals surface area contributed by atoms with Crippen LogP contribution in [0.25, 0.3) is 10.4 Å². The summed E-state index contributed by atoms with van der Waals surface area (Å²) in [7, 11) is 0. The summed E-state index contributed by atoms with van der Waals surface area (Å²) in [5.74, 6) is -0.350. The Morgan fingerprint density at radius 1 is 1.13 bits per heavy atom. The lowest BCUT2D eigenvalue weighted by Crippen LogP contribution is -2.52. The number of hydrogen-bond donors (Lipinski definition) is 3. The van der Waals surface area contributed by atoms with Crippen LogP contribution in [-0.2, 0) is 25.6 Å². The predicted octanol–water partition coefficient (Wildman–Crippen LogP) is 6.24. The van der Waals surface area contributed by atoms with Crippen LogP contribution in [0.1, 0.15) is 62.8 Å². The molecule has 0 bridgehead atoms. The summed E-state index contributed by atoms with van der Waals surface area (Å²) in [6.07, 6.45) is -0.838. The van der Waals surface area contributed by atoms with Gasteiger partial charge >= 0.3 is 5.97 Å². The summed E-state index contributed by atoms with van der Waals surface area (Å²) < 4.78 is 17.7. The SMILES string of the molecule is CC(C)(C)OC(=O)CC[C@]1(C(=O)NNCc2cccc(Cl)c2)N=C(c2ccc(OCCCO)cc2)O[C@H]1c1ccccc1N=[N+]=[N-]. The van der Waals surface area contributed by atoms with Crippen molar-refractivity contribution >= 4 is 35.1 Å². The number of esters is 1. The molecule has 0 saturated carbocycles. The Hall–Kier alpha value is -4.61. The number of benzene rings is 3. The Bertz CT molecular complexity index is 1600. The Kier molecular flexibility index (Phi) is 11.6. The van der Waals surface area contributed by atoms with E-state index < -0.39 is 29.1 Å². The monoisotopic (exact) mass is 648 g/mol. The second-order valence-electron chi connectivity index (χ2n) is 11.6. The van der Waals surface area contributed by atoms with E-state index in [0.29, 0.717) is 34.9 Å². The minimum absolute atomic E-state index is 0.0167. The summed E-state index contributed by atoms with van der Waals surface area (Å²) in [6, 6.07) is 20.9. The number of aliphatic imine (C=N–C) groups is 1. The molecule has 1 amide bonds. The zero-order valence-electron chi connectivity index (χ0n) is 25.9. The number of aliphatic hydroxyl groups is 1. The molecule has 3 aromatic carbocycles. The number of rotatable bonds is 14. The van der Waals surface area contributed by atoms with Crippen LogP contribution in [0.3, 0.4) is 0 Å². The van der Waals surface area contributed by atoms with E-state index in [-0.39, 0.29) is 37.6 Å². The molecule has 4 rings (SSSR count). The first-order chi connectivity index (χ1) is 22.0. The van der Waals surface area contributed by atoms with Gasteiger partial charge in [0, 0.05) is 52.7 Å². The van der Waals surface area contributed by atoms with Gasteiger partial charge in [-0.2, -0.15) is 0 Å². The molecule has 2 atom stereocenters. The van der Waals surface area contributed by atoms with Crippen LogP contribution in [0.5, 0.6) is 5.75 Å². The number of azide groups is 1. The number of carbonyl (C=O) groups excluding carboxylic acids is 2. The lowest BCUT2D eigenvalue weighted by Gasteiger charge is -2.31. The first-order valence-corrected chi connectivity index (χ1v) is 15.2. The average molecular weight is 649 g/mol. The van der Waals surface area contributed by atoms with E-state index in [4.69, 9.17) is 35.9 Å². The van der Waals surface area contributed by atoms with Gasteiger partial charge in [-0.25, -0.2) is 10.4 Å². The highest BCUT2D eigenvalue weighted by Crippen LogP contribution is 2.46. The first kappa shape index (κ1) is 34.3. The van der Waals surface area contributed by atoms with Crippen LogP contribution in [-0.4, -0.2) is 47.2 Å². The fourth-order valence-corrected chi connectivity index (χ4v) is 5.08. The fourth-order valence-electron chi connectivity index (χ4n) is 4.86. The third-order valence-corrected chi connectivity index (χ3v) is 7.15. The largest absolute Gasteiger partial charge is 0.494 e. The minimum atomic E-state index is -1.69. The molecule has 12 nitrogen and oxygen atoms in total. The molecule has 0 aromatic heterocycles. The molecule has 3 aromatic rings. The Balaban J connectivity index is 1.74. The summed E-state index contributed by atoms with van der Waals surface area (Å²) in [5.41, 5.74) is 14.6. The standard InChI is InChI=1S/C33H37ClN6O6/c1-32(2,3)46-28(42)16-17-33(31(43)39-36-21-22-8-6-9-24(34)20-22)29(26-10-4-5-11-27(26)38-40-35)45-30(37-33)23-12-14-25(15-13-23)44-19-7-18-41/h4-6,8-15,20,29,36,41H,7,16-19,21H2,1-3H3,(H,39,43)/t29-,33-/m0/s1. The molecular weight excluding hydrogens is 612 g/mol. The first-order valence-electron chi connectivity index (χ1n) is 14.8. The Morgan fingerprint density at radius 3 is 2.59 bits per heavy atom. The Morgan fingerprint density at radius 2 is 1.89 bits per heavy atom. The molecule has 242 valence electrons. The molecule has 0 fully saturated rings. The molecule has 0 aliphatic carbocycles. The number of ether oxygens (including phenoxy) is 3. The summed E-state index contributed by atoms with van der Waals surface area (Å²) in [4.78, 5) is 35.0. The maximum absolute atomic E-state index is 14.3. The third-order valence-electron chi connectivity index (χ3n) is 6.92. The normalized spacial score (nSPS) is 17.3. The molecule has 1 heterocycles. The van der Waals surface area contributed by atoms with Gasteiger partial charge in [0.05, 0.1) is 6.61 Å². The van der Waals surface area contributed by atoms with Crippen LogP contribution in [0, 0.1) is 0 Å². The zero-order valence-corrected chi connectivity index (χ0v) is 26.7. The van der Waals surface area contributed by atoms with E-state index in [1.54, 1.807) is 87.5 Å². The number of nitrogens with zero attached hydrogens (tertiary/aromatic N) is 4. The third kappa shape index (κ3) is 8.98. The number of hydrazine groups is 1. The number of aliphatic hydroxyl groups excluding tert-OH is 1. The minimum Gasteiger partial charge on any atom is -0.494 e. The van der Waals surface area contributed by atoms with Crippen molar-refractivity contribution in [1.82, 2.24) is 10.9 Å². The summed E-state index contributed by atoms with van der Waals surface area (Å²) in [5, 5.41) is 13.4. The molecular formula is C33H37ClN6O6. The number of nitrogens with one attached hydrogen (secondary N) is 2. The van der Waals surface area contributed by atoms with Crippen LogP contribution < -0.4 is 15.6 Å². The number of hydrogen-bond acceptors (Lipinski definition) is 9. The van der Waals surface area contributed by atoms with E-state index in [9.17, 15) is 15.1 Å². The van der Waals surface area contributed by atoms with Crippen molar-refractivity contribution in [2.24, 2.45) is 10.1 Å². The fraction of sp³-hybridized carbons (Fsp3) is 0.364. The zero-order chi connectivity index (χ0) is 33.2. The molecule has 0 unspecified atom stereocenters. The topological polar surface area (TPSA) is 167 Å². The molecule has 1 aliphatic rings. The van der Waals surface area contributed by atoms with Crippen molar-refractivity contribution in [3.05, 3.63) is 105 Å². The molecule has 0 saturated heterocycles. The van der Waals surface area contributed by atoms with Crippen LogP contribution in [0.15, 0.2) is 82.9 Å². The predicted molar refractivity (Wildman–Crippen MR) is 173 cm³/mol. The lowest BCUT2D eigenvalue weighted by atomic mass is 9.83. The van der Waals surface area contributed by atoms with E-state index in [1.165, 1.54) is 0 Å². The van der Waals surface area contributed by atoms with Crippen molar-refractivity contribution in [2.75, 3.05) is 13.2 Å². The molecule has 0 spiro atoms.